The molecule has 1 unspecified atom stereocenters. The van der Waals surface area contributed by atoms with Gasteiger partial charge in [0.15, 0.2) is 0 Å². The Kier molecular flexibility index (Phi) is 6.25. The molecule has 0 saturated carbocycles. The van der Waals surface area contributed by atoms with Gasteiger partial charge in [0.1, 0.15) is 6.10 Å². The lowest BCUT2D eigenvalue weighted by atomic mass is 10.2. The van der Waals surface area contributed by atoms with E-state index in [1.165, 1.54) is 6.92 Å². The molecule has 1 amide bonds. The van der Waals surface area contributed by atoms with Crippen molar-refractivity contribution in [3.63, 3.8) is 0 Å². The van der Waals surface area contributed by atoms with Gasteiger partial charge < -0.3 is 10.4 Å². The number of hydrogen-bond donors (Lipinski definition) is 3. The number of carbonyl (C=O) groups excluding carboxylic acids is 1. The molecular formula is C7H17N2O2P. The normalized spacial score (nSPS) is 15.3. The highest BCUT2D eigenvalue weighted by molar-refractivity contribution is 7.13. The van der Waals surface area contributed by atoms with Gasteiger partial charge in [0.25, 0.3) is 0 Å². The van der Waals surface area contributed by atoms with Crippen LogP contribution in [0.15, 0.2) is 0 Å². The summed E-state index contributed by atoms with van der Waals surface area (Å²) in [7, 11) is 2.37. The molecule has 0 aliphatic carbocycles. The van der Waals surface area contributed by atoms with Crippen molar-refractivity contribution in [2.45, 2.75) is 32.4 Å². The van der Waals surface area contributed by atoms with Crippen LogP contribution in [0, 0.1) is 0 Å². The number of aliphatic hydroxyl groups is 1. The van der Waals surface area contributed by atoms with Gasteiger partial charge in [-0.15, -0.1) is 0 Å². The van der Waals surface area contributed by atoms with E-state index in [4.69, 9.17) is 5.11 Å². The van der Waals surface area contributed by atoms with E-state index >= 15 is 0 Å². The van der Waals surface area contributed by atoms with Gasteiger partial charge in [-0.1, -0.05) is 16.3 Å². The van der Waals surface area contributed by atoms with Crippen LogP contribution in [0.5, 0.6) is 0 Å². The molecule has 0 aliphatic rings. The standard InChI is InChI=1S/C7H17N2O2P/c1-3-6(4-8-12)9-7(11)5(2)10/h5-6,8,10H,3-4,12H2,1-2H3,(H,9,11)/t5-,6-/m1/s1. The molecule has 0 aromatic rings. The zero-order valence-electron chi connectivity index (χ0n) is 7.50. The summed E-state index contributed by atoms with van der Waals surface area (Å²) >= 11 is 0. The maximum atomic E-state index is 11.0. The fourth-order valence-corrected chi connectivity index (χ4v) is 1.05. The molecule has 3 N–H and O–H groups in total. The fourth-order valence-electron chi connectivity index (χ4n) is 0.761. The van der Waals surface area contributed by atoms with E-state index in [1.807, 2.05) is 6.92 Å². The van der Waals surface area contributed by atoms with Crippen LogP contribution in [0.25, 0.3) is 0 Å². The molecule has 0 radical (unpaired) electrons. The van der Waals surface area contributed by atoms with Crippen molar-refractivity contribution in [2.75, 3.05) is 6.54 Å². The third-order valence-electron chi connectivity index (χ3n) is 1.58. The van der Waals surface area contributed by atoms with E-state index in [1.54, 1.807) is 0 Å². The Morgan fingerprint density at radius 3 is 2.58 bits per heavy atom. The van der Waals surface area contributed by atoms with E-state index in [-0.39, 0.29) is 11.9 Å². The molecule has 0 heterocycles. The first-order chi connectivity index (χ1) is 5.61. The number of aliphatic hydroxyl groups excluding tert-OH is 1. The minimum absolute atomic E-state index is 0.0876. The fraction of sp³-hybridized carbons (Fsp3) is 0.857. The highest BCUT2D eigenvalue weighted by Crippen LogP contribution is 1.91. The van der Waals surface area contributed by atoms with Crippen LogP contribution in [0.4, 0.5) is 0 Å². The topological polar surface area (TPSA) is 61.4 Å². The minimum atomic E-state index is -0.927. The van der Waals surface area contributed by atoms with Crippen LogP contribution in [0.2, 0.25) is 0 Å². The molecule has 72 valence electrons. The van der Waals surface area contributed by atoms with E-state index in [2.05, 4.69) is 19.8 Å². The molecule has 5 heteroatoms. The van der Waals surface area contributed by atoms with E-state index in [0.29, 0.717) is 6.54 Å². The number of hydrogen-bond acceptors (Lipinski definition) is 3. The number of nitrogens with one attached hydrogen (secondary N) is 2. The quantitative estimate of drug-likeness (QED) is 0.521. The first kappa shape index (κ1) is 11.8. The SMILES string of the molecule is CC[C@H](CNP)NC(=O)[C@@H](C)O. The first-order valence-corrected chi connectivity index (χ1v) is 4.61. The molecule has 0 spiro atoms. The van der Waals surface area contributed by atoms with Crippen LogP contribution >= 0.6 is 9.39 Å². The zero-order valence-corrected chi connectivity index (χ0v) is 8.66. The van der Waals surface area contributed by atoms with Crippen molar-refractivity contribution in [3.05, 3.63) is 0 Å². The smallest absolute Gasteiger partial charge is 0.248 e. The van der Waals surface area contributed by atoms with Gasteiger partial charge in [0.05, 0.1) is 0 Å². The van der Waals surface area contributed by atoms with Crippen LogP contribution in [-0.2, 0) is 4.79 Å². The van der Waals surface area contributed by atoms with Crippen LogP contribution in [0.3, 0.4) is 0 Å². The second-order valence-electron chi connectivity index (χ2n) is 2.70. The Morgan fingerprint density at radius 1 is 1.67 bits per heavy atom. The molecule has 0 saturated heterocycles. The Labute approximate surface area is 75.4 Å². The second-order valence-corrected chi connectivity index (χ2v) is 3.11. The van der Waals surface area contributed by atoms with Gasteiger partial charge in [0, 0.05) is 12.6 Å². The van der Waals surface area contributed by atoms with E-state index in [0.717, 1.165) is 6.42 Å². The summed E-state index contributed by atoms with van der Waals surface area (Å²) in [5.74, 6) is -0.317. The summed E-state index contributed by atoms with van der Waals surface area (Å²) in [6.45, 7) is 4.13. The molecule has 0 rings (SSSR count). The summed E-state index contributed by atoms with van der Waals surface area (Å²) in [6, 6.07) is 0.0876. The Bertz CT molecular complexity index is 141. The van der Waals surface area contributed by atoms with Crippen LogP contribution in [-0.4, -0.2) is 29.7 Å². The van der Waals surface area contributed by atoms with Crippen molar-refractivity contribution >= 4 is 15.3 Å². The monoisotopic (exact) mass is 192 g/mol. The van der Waals surface area contributed by atoms with Gasteiger partial charge >= 0.3 is 0 Å². The molecule has 12 heavy (non-hydrogen) atoms. The van der Waals surface area contributed by atoms with Crippen LogP contribution in [0.1, 0.15) is 20.3 Å². The average molecular weight is 192 g/mol. The minimum Gasteiger partial charge on any atom is -0.384 e. The lowest BCUT2D eigenvalue weighted by molar-refractivity contribution is -0.129. The van der Waals surface area contributed by atoms with Gasteiger partial charge in [-0.3, -0.25) is 9.88 Å². The molecular weight excluding hydrogens is 175 g/mol. The van der Waals surface area contributed by atoms with E-state index in [9.17, 15) is 4.79 Å². The van der Waals surface area contributed by atoms with Gasteiger partial charge in [0.2, 0.25) is 5.91 Å². The summed E-state index contributed by atoms with van der Waals surface area (Å²) < 4.78 is 0. The zero-order chi connectivity index (χ0) is 9.56. The van der Waals surface area contributed by atoms with E-state index < -0.39 is 6.10 Å². The van der Waals surface area contributed by atoms with Crippen molar-refractivity contribution in [2.24, 2.45) is 0 Å². The maximum Gasteiger partial charge on any atom is 0.248 e. The number of amides is 1. The number of rotatable bonds is 5. The molecule has 0 bridgehead atoms. The summed E-state index contributed by atoms with van der Waals surface area (Å²) in [5, 5.41) is 14.5. The van der Waals surface area contributed by atoms with Gasteiger partial charge in [-0.2, -0.15) is 0 Å². The number of carbonyl (C=O) groups is 1. The lowest BCUT2D eigenvalue weighted by Crippen LogP contribution is -2.43. The average Bonchev–Trinajstić information content (AvgIpc) is 2.03. The third kappa shape index (κ3) is 4.65. The van der Waals surface area contributed by atoms with Crippen molar-refractivity contribution < 1.29 is 9.90 Å². The highest BCUT2D eigenvalue weighted by atomic mass is 31.0. The van der Waals surface area contributed by atoms with Crippen LogP contribution < -0.4 is 10.4 Å². The first-order valence-electron chi connectivity index (χ1n) is 4.03. The van der Waals surface area contributed by atoms with Crippen molar-refractivity contribution in [1.29, 1.82) is 0 Å². The van der Waals surface area contributed by atoms with Crippen molar-refractivity contribution in [3.8, 4) is 0 Å². The molecule has 4 nitrogen and oxygen atoms in total. The lowest BCUT2D eigenvalue weighted by Gasteiger charge is -2.17. The van der Waals surface area contributed by atoms with Crippen molar-refractivity contribution in [1.82, 2.24) is 10.4 Å². The predicted molar refractivity (Wildman–Crippen MR) is 51.6 cm³/mol. The predicted octanol–water partition coefficient (Wildman–Crippen LogP) is -0.358. The van der Waals surface area contributed by atoms with Gasteiger partial charge in [-0.25, -0.2) is 0 Å². The van der Waals surface area contributed by atoms with Gasteiger partial charge in [-0.05, 0) is 13.3 Å². The molecule has 0 fully saturated rings. The Hall–Kier alpha value is -0.180. The molecule has 3 atom stereocenters. The molecule has 0 aromatic heterocycles. The summed E-state index contributed by atoms with van der Waals surface area (Å²) in [6.07, 6.45) is -0.0802. The molecule has 0 aliphatic heterocycles. The largest absolute Gasteiger partial charge is 0.384 e. The third-order valence-corrected chi connectivity index (χ3v) is 1.82. The highest BCUT2D eigenvalue weighted by Gasteiger charge is 2.12. The molecule has 0 aromatic carbocycles. The Balaban J connectivity index is 3.77. The Morgan fingerprint density at radius 2 is 2.25 bits per heavy atom. The maximum absolute atomic E-state index is 11.0. The second kappa shape index (κ2) is 6.35. The summed E-state index contributed by atoms with van der Waals surface area (Å²) in [4.78, 5) is 11.0. The summed E-state index contributed by atoms with van der Waals surface area (Å²) in [5.41, 5.74) is 0.